The molecule has 0 bridgehead atoms. The van der Waals surface area contributed by atoms with Crippen LogP contribution in [0.3, 0.4) is 0 Å². The minimum atomic E-state index is -3.70. The molecule has 0 aliphatic heterocycles. The summed E-state index contributed by atoms with van der Waals surface area (Å²) in [5, 5.41) is 0. The summed E-state index contributed by atoms with van der Waals surface area (Å²) in [5.74, 6) is 1.47. The van der Waals surface area contributed by atoms with Gasteiger partial charge in [0.25, 0.3) is 0 Å². The van der Waals surface area contributed by atoms with Gasteiger partial charge < -0.3 is 9.47 Å². The Morgan fingerprint density at radius 2 is 1.17 bits per heavy atom. The molecule has 3 rings (SSSR count). The van der Waals surface area contributed by atoms with Gasteiger partial charge in [-0.15, -0.1) is 0 Å². The van der Waals surface area contributed by atoms with Gasteiger partial charge in [-0.1, -0.05) is 30.3 Å². The molecule has 158 valence electrons. The van der Waals surface area contributed by atoms with E-state index in [0.29, 0.717) is 4.90 Å². The average molecular weight is 426 g/mol. The van der Waals surface area contributed by atoms with Crippen molar-refractivity contribution in [3.8, 4) is 11.5 Å². The zero-order valence-corrected chi connectivity index (χ0v) is 18.6. The van der Waals surface area contributed by atoms with Gasteiger partial charge in [0.15, 0.2) is 0 Å². The van der Waals surface area contributed by atoms with E-state index < -0.39 is 10.0 Å². The van der Waals surface area contributed by atoms with E-state index in [-0.39, 0.29) is 13.1 Å². The smallest absolute Gasteiger partial charge is 0.243 e. The first-order chi connectivity index (χ1) is 14.3. The lowest BCUT2D eigenvalue weighted by Crippen LogP contribution is -2.30. The van der Waals surface area contributed by atoms with Crippen LogP contribution < -0.4 is 9.47 Å². The molecule has 5 nitrogen and oxygen atoms in total. The second-order valence-electron chi connectivity index (χ2n) is 7.22. The fraction of sp³-hybridized carbons (Fsp3) is 0.250. The zero-order valence-electron chi connectivity index (χ0n) is 17.8. The second kappa shape index (κ2) is 9.32. The first-order valence-corrected chi connectivity index (χ1v) is 11.1. The minimum absolute atomic E-state index is 0.255. The molecule has 0 heterocycles. The van der Waals surface area contributed by atoms with Crippen molar-refractivity contribution in [2.45, 2.75) is 31.8 Å². The average Bonchev–Trinajstić information content (AvgIpc) is 2.76. The highest BCUT2D eigenvalue weighted by Crippen LogP contribution is 2.24. The Balaban J connectivity index is 1.96. The van der Waals surface area contributed by atoms with Crippen LogP contribution in [0.2, 0.25) is 0 Å². The number of methoxy groups -OCH3 is 2. The van der Waals surface area contributed by atoms with Gasteiger partial charge in [-0.3, -0.25) is 0 Å². The first-order valence-electron chi connectivity index (χ1n) is 9.67. The number of hydrogen-bond donors (Lipinski definition) is 0. The highest BCUT2D eigenvalue weighted by Gasteiger charge is 2.25. The Morgan fingerprint density at radius 1 is 0.700 bits per heavy atom. The maximum Gasteiger partial charge on any atom is 0.243 e. The molecule has 0 spiro atoms. The summed E-state index contributed by atoms with van der Waals surface area (Å²) in [6, 6.07) is 20.1. The third-order valence-corrected chi connectivity index (χ3v) is 6.94. The molecule has 30 heavy (non-hydrogen) atoms. The molecule has 0 unspecified atom stereocenters. The van der Waals surface area contributed by atoms with Crippen LogP contribution in [-0.2, 0) is 23.1 Å². The normalized spacial score (nSPS) is 11.5. The summed E-state index contributed by atoms with van der Waals surface area (Å²) in [5.41, 5.74) is 3.78. The van der Waals surface area contributed by atoms with Crippen LogP contribution in [0.25, 0.3) is 0 Å². The number of rotatable bonds is 8. The molecular weight excluding hydrogens is 398 g/mol. The number of sulfonamides is 1. The predicted molar refractivity (Wildman–Crippen MR) is 118 cm³/mol. The number of hydrogen-bond acceptors (Lipinski definition) is 4. The molecule has 0 amide bonds. The topological polar surface area (TPSA) is 55.8 Å². The Labute approximate surface area is 178 Å². The van der Waals surface area contributed by atoms with Gasteiger partial charge in [0.05, 0.1) is 19.1 Å². The lowest BCUT2D eigenvalue weighted by molar-refractivity contribution is 0.397. The maximum absolute atomic E-state index is 13.5. The summed E-state index contributed by atoms with van der Waals surface area (Å²) in [7, 11) is -0.485. The van der Waals surface area contributed by atoms with E-state index in [2.05, 4.69) is 0 Å². The van der Waals surface area contributed by atoms with Crippen molar-refractivity contribution >= 4 is 10.0 Å². The van der Waals surface area contributed by atoms with Crippen molar-refractivity contribution in [2.24, 2.45) is 0 Å². The van der Waals surface area contributed by atoms with E-state index >= 15 is 0 Å². The maximum atomic E-state index is 13.5. The molecule has 0 aliphatic carbocycles. The summed E-state index contributed by atoms with van der Waals surface area (Å²) in [6.45, 7) is 4.40. The van der Waals surface area contributed by atoms with E-state index in [1.807, 2.05) is 68.4 Å². The van der Waals surface area contributed by atoms with Gasteiger partial charge in [-0.25, -0.2) is 8.42 Å². The van der Waals surface area contributed by atoms with Crippen molar-refractivity contribution in [2.75, 3.05) is 14.2 Å². The van der Waals surface area contributed by atoms with Crippen LogP contribution in [0, 0.1) is 13.8 Å². The molecule has 0 fully saturated rings. The van der Waals surface area contributed by atoms with Crippen LogP contribution in [0.15, 0.2) is 71.6 Å². The number of nitrogens with zero attached hydrogens (tertiary/aromatic N) is 1. The molecule has 3 aromatic rings. The SMILES string of the molecule is COc1ccc(CN(Cc2ccc(OC)cc2)S(=O)(=O)c2ccc(C)c(C)c2)cc1. The van der Waals surface area contributed by atoms with Crippen LogP contribution in [0.5, 0.6) is 11.5 Å². The second-order valence-corrected chi connectivity index (χ2v) is 9.15. The summed E-state index contributed by atoms with van der Waals surface area (Å²) in [6.07, 6.45) is 0. The van der Waals surface area contributed by atoms with Gasteiger partial charge in [-0.05, 0) is 72.5 Å². The highest BCUT2D eigenvalue weighted by atomic mass is 32.2. The van der Waals surface area contributed by atoms with Crippen molar-refractivity contribution in [3.05, 3.63) is 89.0 Å². The quantitative estimate of drug-likeness (QED) is 0.524. The molecule has 0 saturated heterocycles. The van der Waals surface area contributed by atoms with Crippen LogP contribution in [0.4, 0.5) is 0 Å². The largest absolute Gasteiger partial charge is 0.497 e. The van der Waals surface area contributed by atoms with Crippen molar-refractivity contribution in [1.29, 1.82) is 0 Å². The lowest BCUT2D eigenvalue weighted by atomic mass is 10.1. The van der Waals surface area contributed by atoms with Crippen LogP contribution in [0.1, 0.15) is 22.3 Å². The first kappa shape index (κ1) is 21.9. The number of benzene rings is 3. The Morgan fingerprint density at radius 3 is 1.57 bits per heavy atom. The van der Waals surface area contributed by atoms with Gasteiger partial charge in [-0.2, -0.15) is 4.31 Å². The van der Waals surface area contributed by atoms with E-state index in [9.17, 15) is 8.42 Å². The van der Waals surface area contributed by atoms with Crippen molar-refractivity contribution in [1.82, 2.24) is 4.31 Å². The Kier molecular flexibility index (Phi) is 6.80. The summed E-state index contributed by atoms with van der Waals surface area (Å²) in [4.78, 5) is 0.299. The molecule has 0 atom stereocenters. The van der Waals surface area contributed by atoms with E-state index in [1.165, 1.54) is 4.31 Å². The molecule has 0 aromatic heterocycles. The number of ether oxygens (including phenoxy) is 2. The molecule has 0 saturated carbocycles. The molecular formula is C24H27NO4S. The molecule has 0 N–H and O–H groups in total. The van der Waals surface area contributed by atoms with Gasteiger partial charge in [0, 0.05) is 13.1 Å². The molecule has 6 heteroatoms. The third kappa shape index (κ3) is 5.01. The predicted octanol–water partition coefficient (Wildman–Crippen LogP) is 4.71. The standard InChI is InChI=1S/C24H27NO4S/c1-18-5-14-24(15-19(18)2)30(26,27)25(16-20-6-10-22(28-3)11-7-20)17-21-8-12-23(29-4)13-9-21/h5-15H,16-17H2,1-4H3. The zero-order chi connectivity index (χ0) is 21.7. The Hall–Kier alpha value is -2.83. The van der Waals surface area contributed by atoms with Crippen molar-refractivity contribution < 1.29 is 17.9 Å². The highest BCUT2D eigenvalue weighted by molar-refractivity contribution is 7.89. The summed E-state index contributed by atoms with van der Waals surface area (Å²) >= 11 is 0. The van der Waals surface area contributed by atoms with Crippen molar-refractivity contribution in [3.63, 3.8) is 0 Å². The van der Waals surface area contributed by atoms with Gasteiger partial charge in [0.2, 0.25) is 10.0 Å². The fourth-order valence-electron chi connectivity index (χ4n) is 3.12. The third-order valence-electron chi connectivity index (χ3n) is 5.15. The Bertz CT molecular complexity index is 1040. The monoisotopic (exact) mass is 425 g/mol. The van der Waals surface area contributed by atoms with E-state index in [4.69, 9.17) is 9.47 Å². The minimum Gasteiger partial charge on any atom is -0.497 e. The lowest BCUT2D eigenvalue weighted by Gasteiger charge is -2.23. The molecule has 3 aromatic carbocycles. The van der Waals surface area contributed by atoms with Gasteiger partial charge >= 0.3 is 0 Å². The van der Waals surface area contributed by atoms with Gasteiger partial charge in [0.1, 0.15) is 11.5 Å². The molecule has 0 radical (unpaired) electrons. The van der Waals surface area contributed by atoms with Crippen LogP contribution >= 0.6 is 0 Å². The van der Waals surface area contributed by atoms with E-state index in [0.717, 1.165) is 33.8 Å². The number of aryl methyl sites for hydroxylation is 2. The molecule has 0 aliphatic rings. The van der Waals surface area contributed by atoms with Crippen LogP contribution in [-0.4, -0.2) is 26.9 Å². The summed E-state index contributed by atoms with van der Waals surface area (Å²) < 4.78 is 39.0. The van der Waals surface area contributed by atoms with E-state index in [1.54, 1.807) is 26.4 Å². The fourth-order valence-corrected chi connectivity index (χ4v) is 4.62.